The van der Waals surface area contributed by atoms with Crippen LogP contribution < -0.4 is 11.2 Å². The average molecular weight is 418 g/mol. The molecule has 0 radical (unpaired) electrons. The normalized spacial score (nSPS) is 28.8. The van der Waals surface area contributed by atoms with Crippen LogP contribution in [0, 0.1) is 5.92 Å². The number of nitrogens with zero attached hydrogens (tertiary/aromatic N) is 1. The third-order valence-electron chi connectivity index (χ3n) is 3.47. The van der Waals surface area contributed by atoms with Gasteiger partial charge in [0.15, 0.2) is 6.23 Å². The predicted octanol–water partition coefficient (Wildman–Crippen LogP) is -2.37. The summed E-state index contributed by atoms with van der Waals surface area (Å²) >= 11 is 0. The highest BCUT2D eigenvalue weighted by atomic mass is 31.3. The van der Waals surface area contributed by atoms with Crippen molar-refractivity contribution in [3.63, 3.8) is 0 Å². The third-order valence-corrected chi connectivity index (χ3v) is 5.62. The fraction of sp³-hybridized carbons (Fsp3) is 0.600. The fourth-order valence-corrected chi connectivity index (χ4v) is 3.96. The Morgan fingerprint density at radius 3 is 2.46 bits per heavy atom. The summed E-state index contributed by atoms with van der Waals surface area (Å²) in [7, 11) is -10.5. The molecule has 1 saturated heterocycles. The van der Waals surface area contributed by atoms with E-state index in [0.717, 1.165) is 16.8 Å². The summed E-state index contributed by atoms with van der Waals surface area (Å²) in [6, 6.07) is 0.991. The standard InChI is InChI=1S/C10H16N2O12P2/c13-3-5-6(4-22-26(20,21)24-25(17,18)19)23-9(8(5)15)12-2-1-7(14)11-10(12)16/h1-2,5-6,8-9,13,15H,3-4H2,(H,20,21)(H,11,14,16)(H2,17,18,19). The quantitative estimate of drug-likeness (QED) is 0.256. The van der Waals surface area contributed by atoms with Gasteiger partial charge >= 0.3 is 21.3 Å². The van der Waals surface area contributed by atoms with E-state index in [-0.39, 0.29) is 0 Å². The highest BCUT2D eigenvalue weighted by Crippen LogP contribution is 2.57. The van der Waals surface area contributed by atoms with Gasteiger partial charge in [0.25, 0.3) is 5.56 Å². The molecule has 1 aliphatic rings. The first kappa shape index (κ1) is 21.1. The number of hydrogen-bond acceptors (Lipinski definition) is 9. The summed E-state index contributed by atoms with van der Waals surface area (Å²) in [5.41, 5.74) is -1.59. The number of hydrogen-bond donors (Lipinski definition) is 6. The minimum absolute atomic E-state index is 0.668. The second kappa shape index (κ2) is 7.82. The Kier molecular flexibility index (Phi) is 6.36. The van der Waals surface area contributed by atoms with Gasteiger partial charge in [-0.1, -0.05) is 0 Å². The van der Waals surface area contributed by atoms with Gasteiger partial charge in [-0.05, 0) is 0 Å². The number of aliphatic hydroxyl groups is 2. The molecule has 5 unspecified atom stereocenters. The second-order valence-electron chi connectivity index (χ2n) is 5.26. The van der Waals surface area contributed by atoms with Gasteiger partial charge in [-0.3, -0.25) is 18.9 Å². The van der Waals surface area contributed by atoms with Crippen molar-refractivity contribution in [1.82, 2.24) is 9.55 Å². The highest BCUT2D eigenvalue weighted by Gasteiger charge is 2.46. The second-order valence-corrected chi connectivity index (χ2v) is 8.09. The van der Waals surface area contributed by atoms with Crippen LogP contribution in [0.15, 0.2) is 21.9 Å². The molecule has 0 aliphatic carbocycles. The maximum atomic E-state index is 11.8. The molecule has 2 rings (SSSR count). The number of nitrogens with one attached hydrogen (secondary N) is 1. The number of aromatic amines is 1. The molecule has 1 aromatic heterocycles. The average Bonchev–Trinajstić information content (AvgIpc) is 2.79. The minimum atomic E-state index is -5.31. The van der Waals surface area contributed by atoms with E-state index in [9.17, 15) is 33.8 Å². The van der Waals surface area contributed by atoms with Crippen LogP contribution in [-0.2, 0) is 22.7 Å². The van der Waals surface area contributed by atoms with Gasteiger partial charge in [0.1, 0.15) is 6.10 Å². The molecule has 5 atom stereocenters. The summed E-state index contributed by atoms with van der Waals surface area (Å²) in [5, 5.41) is 19.6. The van der Waals surface area contributed by atoms with E-state index in [1.165, 1.54) is 0 Å². The van der Waals surface area contributed by atoms with Crippen LogP contribution in [0.3, 0.4) is 0 Å². The van der Waals surface area contributed by atoms with Crippen LogP contribution in [0.1, 0.15) is 6.23 Å². The van der Waals surface area contributed by atoms with Crippen molar-refractivity contribution in [2.45, 2.75) is 18.4 Å². The van der Waals surface area contributed by atoms with Crippen LogP contribution in [0.25, 0.3) is 0 Å². The lowest BCUT2D eigenvalue weighted by Gasteiger charge is -2.19. The van der Waals surface area contributed by atoms with Crippen molar-refractivity contribution in [1.29, 1.82) is 0 Å². The summed E-state index contributed by atoms with van der Waals surface area (Å²) in [4.78, 5) is 51.1. The molecule has 2 heterocycles. The number of rotatable bonds is 7. The molecule has 148 valence electrons. The number of phosphoric acid groups is 2. The van der Waals surface area contributed by atoms with Crippen molar-refractivity contribution in [2.75, 3.05) is 13.2 Å². The molecule has 1 fully saturated rings. The topological polar surface area (TPSA) is 218 Å². The zero-order valence-corrected chi connectivity index (χ0v) is 14.6. The molecule has 0 amide bonds. The lowest BCUT2D eigenvalue weighted by Crippen LogP contribution is -2.36. The Labute approximate surface area is 144 Å². The van der Waals surface area contributed by atoms with Gasteiger partial charge in [0.05, 0.1) is 19.3 Å². The van der Waals surface area contributed by atoms with Crippen molar-refractivity contribution in [3.05, 3.63) is 33.1 Å². The van der Waals surface area contributed by atoms with E-state index in [1.54, 1.807) is 0 Å². The summed E-state index contributed by atoms with van der Waals surface area (Å²) in [5.74, 6) is -1.08. The Morgan fingerprint density at radius 1 is 1.27 bits per heavy atom. The summed E-state index contributed by atoms with van der Waals surface area (Å²) in [6.07, 6.45) is -3.01. The molecular formula is C10H16N2O12P2. The van der Waals surface area contributed by atoms with Gasteiger partial charge in [0, 0.05) is 18.2 Å². The molecule has 0 spiro atoms. The van der Waals surface area contributed by atoms with E-state index >= 15 is 0 Å². The zero-order chi connectivity index (χ0) is 19.7. The number of aromatic nitrogens is 2. The molecule has 1 aromatic rings. The van der Waals surface area contributed by atoms with Crippen LogP contribution in [0.5, 0.6) is 0 Å². The Balaban J connectivity index is 2.15. The van der Waals surface area contributed by atoms with Gasteiger partial charge in [0.2, 0.25) is 0 Å². The molecule has 0 bridgehead atoms. The van der Waals surface area contributed by atoms with Crippen LogP contribution in [-0.4, -0.2) is 59.9 Å². The Bertz CT molecular complexity index is 845. The number of H-pyrrole nitrogens is 1. The van der Waals surface area contributed by atoms with E-state index in [0.29, 0.717) is 0 Å². The molecule has 0 aromatic carbocycles. The van der Waals surface area contributed by atoms with E-state index < -0.39 is 64.5 Å². The maximum absolute atomic E-state index is 11.8. The lowest BCUT2D eigenvalue weighted by atomic mass is 9.99. The minimum Gasteiger partial charge on any atom is -0.396 e. The highest BCUT2D eigenvalue weighted by molar-refractivity contribution is 7.60. The monoisotopic (exact) mass is 418 g/mol. The van der Waals surface area contributed by atoms with E-state index in [4.69, 9.17) is 14.5 Å². The Hall–Kier alpha value is -1.18. The maximum Gasteiger partial charge on any atom is 0.481 e. The van der Waals surface area contributed by atoms with Crippen molar-refractivity contribution in [2.24, 2.45) is 5.92 Å². The van der Waals surface area contributed by atoms with Crippen molar-refractivity contribution in [3.8, 4) is 0 Å². The summed E-state index contributed by atoms with van der Waals surface area (Å²) < 4.78 is 36.2. The first-order chi connectivity index (χ1) is 11.9. The van der Waals surface area contributed by atoms with Crippen LogP contribution >= 0.6 is 15.6 Å². The van der Waals surface area contributed by atoms with E-state index in [2.05, 4.69) is 8.83 Å². The molecule has 14 nitrogen and oxygen atoms in total. The fourth-order valence-electron chi connectivity index (χ4n) is 2.36. The van der Waals surface area contributed by atoms with Crippen molar-refractivity contribution >= 4 is 15.6 Å². The summed E-state index contributed by atoms with van der Waals surface area (Å²) in [6.45, 7) is -1.47. The number of aliphatic hydroxyl groups excluding tert-OH is 2. The zero-order valence-electron chi connectivity index (χ0n) is 12.8. The smallest absolute Gasteiger partial charge is 0.396 e. The van der Waals surface area contributed by atoms with Crippen LogP contribution in [0.4, 0.5) is 0 Å². The predicted molar refractivity (Wildman–Crippen MR) is 80.7 cm³/mol. The lowest BCUT2D eigenvalue weighted by molar-refractivity contribution is -0.0532. The van der Waals surface area contributed by atoms with E-state index in [1.807, 2.05) is 4.98 Å². The molecule has 6 N–H and O–H groups in total. The van der Waals surface area contributed by atoms with Gasteiger partial charge in [-0.15, -0.1) is 0 Å². The van der Waals surface area contributed by atoms with Gasteiger partial charge in [-0.25, -0.2) is 13.9 Å². The Morgan fingerprint density at radius 2 is 1.92 bits per heavy atom. The molecule has 0 saturated carbocycles. The van der Waals surface area contributed by atoms with Gasteiger partial charge < -0.3 is 29.6 Å². The SMILES string of the molecule is O=c1ccn(C2OC(COP(=O)(O)OP(=O)(O)O)C(CO)C2O)c(=O)[nH]1. The number of ether oxygens (including phenoxy) is 1. The first-order valence-corrected chi connectivity index (χ1v) is 9.96. The molecule has 16 heteroatoms. The largest absolute Gasteiger partial charge is 0.481 e. The molecule has 1 aliphatic heterocycles. The van der Waals surface area contributed by atoms with Crippen molar-refractivity contribution < 1.29 is 47.6 Å². The third kappa shape index (κ3) is 5.18. The van der Waals surface area contributed by atoms with Gasteiger partial charge in [-0.2, -0.15) is 4.31 Å². The molecular weight excluding hydrogens is 402 g/mol. The molecule has 26 heavy (non-hydrogen) atoms. The first-order valence-electron chi connectivity index (χ1n) is 6.93. The van der Waals surface area contributed by atoms with Crippen LogP contribution in [0.2, 0.25) is 0 Å². The number of phosphoric ester groups is 1.